The van der Waals surface area contributed by atoms with E-state index in [-0.39, 0.29) is 35.5 Å². The molecule has 64 heavy (non-hydrogen) atoms. The smallest absolute Gasteiger partial charge is 0.413 e. The van der Waals surface area contributed by atoms with Gasteiger partial charge in [0.15, 0.2) is 23.2 Å². The average Bonchev–Trinajstić information content (AvgIpc) is 3.69. The van der Waals surface area contributed by atoms with Crippen LogP contribution >= 0.6 is 33.9 Å². The Morgan fingerprint density at radius 2 is 1.56 bits per heavy atom. The number of amides is 3. The zero-order valence-electron chi connectivity index (χ0n) is 36.3. The summed E-state index contributed by atoms with van der Waals surface area (Å²) >= 11 is 1.19. The van der Waals surface area contributed by atoms with Crippen LogP contribution in [0.2, 0.25) is 0 Å². The summed E-state index contributed by atoms with van der Waals surface area (Å²) in [6.07, 6.45) is -4.86. The number of rotatable bonds is 18. The number of benzene rings is 2. The van der Waals surface area contributed by atoms with Gasteiger partial charge < -0.3 is 48.2 Å². The number of ether oxygens (including phenoxy) is 6. The highest BCUT2D eigenvalue weighted by Gasteiger charge is 2.61. The van der Waals surface area contributed by atoms with Crippen LogP contribution in [0, 0.1) is 0 Å². The van der Waals surface area contributed by atoms with Crippen molar-refractivity contribution >= 4 is 85.8 Å². The molecule has 0 spiro atoms. The molecule has 1 saturated heterocycles. The first-order chi connectivity index (χ1) is 30.2. The lowest BCUT2D eigenvalue weighted by atomic mass is 10.0. The number of fused-ring (bicyclic) bond motifs is 1. The van der Waals surface area contributed by atoms with E-state index in [1.165, 1.54) is 19.6 Å². The molecule has 1 aromatic heterocycles. The van der Waals surface area contributed by atoms with E-state index in [0.717, 1.165) is 16.2 Å². The quantitative estimate of drug-likeness (QED) is 0.0180. The second-order valence-corrected chi connectivity index (χ2v) is 19.3. The SMILES string of the molecule is COc1ccc(COC(=O)[C@H](CC(=O)OC(C)(C)C)O/N=C(\C(=O)N[C@@H]2C(=O)N3C(C(O)OCc4ccc(OC)cc4)=C(CI)C[S+]([O-])[C@H]23)c2csc(NC(=O)OC(C)(C)C)n2)cc1. The number of anilines is 1. The number of methoxy groups -OCH3 is 2. The molecule has 3 aromatic rings. The summed E-state index contributed by atoms with van der Waals surface area (Å²) in [6, 6.07) is 12.3. The maximum Gasteiger partial charge on any atom is 0.413 e. The van der Waals surface area contributed by atoms with Crippen LogP contribution in [0.5, 0.6) is 11.5 Å². The predicted octanol–water partition coefficient (Wildman–Crippen LogP) is 4.71. The fourth-order valence-corrected chi connectivity index (χ4v) is 9.44. The minimum Gasteiger partial charge on any atom is -0.614 e. The van der Waals surface area contributed by atoms with Crippen molar-refractivity contribution in [3.05, 3.63) is 82.0 Å². The number of alkyl halides is 1. The molecule has 3 N–H and O–H groups in total. The molecule has 1 fully saturated rings. The number of aliphatic hydroxyl groups is 1. The molecule has 3 heterocycles. The molecule has 2 aliphatic rings. The highest BCUT2D eigenvalue weighted by Crippen LogP contribution is 2.39. The molecule has 0 aliphatic carbocycles. The van der Waals surface area contributed by atoms with Gasteiger partial charge in [-0.1, -0.05) is 52.0 Å². The standard InChI is InChI=1S/C42H50IN5O14S2/c1-41(2,3)60-30(49)17-29(37(52)58-19-23-9-13-26(56-7)14-10-23)62-47-31(28-21-63-39(44-28)46-40(54)61-42(4,5)6)34(50)45-32-35(51)48-33(25(18-43)22-64(55)36(32)48)38(53)59-20-24-11-15-27(57-8)16-12-24/h9-16,21,29,32,36,38,53H,17-20,22H2,1-8H3,(H,45,50)(H,44,46,54)/b47-31-/t29-,32+,36+,38?,64?/m0/s1. The fraction of sp³-hybridized carbons (Fsp3) is 0.452. The third-order valence-corrected chi connectivity index (χ3v) is 12.2. The van der Waals surface area contributed by atoms with Gasteiger partial charge >= 0.3 is 18.0 Å². The van der Waals surface area contributed by atoms with Crippen molar-refractivity contribution in [1.82, 2.24) is 15.2 Å². The van der Waals surface area contributed by atoms with Gasteiger partial charge in [-0.2, -0.15) is 0 Å². The minimum atomic E-state index is -1.75. The highest BCUT2D eigenvalue weighted by molar-refractivity contribution is 14.1. The third-order valence-electron chi connectivity index (χ3n) is 8.92. The van der Waals surface area contributed by atoms with Crippen molar-refractivity contribution in [3.8, 4) is 11.5 Å². The molecule has 5 rings (SSSR count). The van der Waals surface area contributed by atoms with Crippen LogP contribution in [0.4, 0.5) is 9.93 Å². The van der Waals surface area contributed by atoms with E-state index >= 15 is 0 Å². The highest BCUT2D eigenvalue weighted by atomic mass is 127. The number of hydrogen-bond donors (Lipinski definition) is 3. The van der Waals surface area contributed by atoms with Crippen molar-refractivity contribution in [1.29, 1.82) is 0 Å². The van der Waals surface area contributed by atoms with Crippen LogP contribution in [-0.4, -0.2) is 115 Å². The number of halogens is 1. The number of thiazole rings is 1. The van der Waals surface area contributed by atoms with E-state index in [0.29, 0.717) is 32.6 Å². The van der Waals surface area contributed by atoms with Gasteiger partial charge in [-0.15, -0.1) is 11.3 Å². The minimum absolute atomic E-state index is 0.0158. The lowest BCUT2D eigenvalue weighted by Crippen LogP contribution is -2.75. The van der Waals surface area contributed by atoms with Gasteiger partial charge in [0.25, 0.3) is 11.8 Å². The van der Waals surface area contributed by atoms with E-state index in [1.807, 2.05) is 22.6 Å². The van der Waals surface area contributed by atoms with Crippen LogP contribution < -0.4 is 20.1 Å². The molecule has 0 saturated carbocycles. The molecule has 0 bridgehead atoms. The van der Waals surface area contributed by atoms with Gasteiger partial charge in [0.05, 0.1) is 32.9 Å². The second-order valence-electron chi connectivity index (χ2n) is 16.2. The van der Waals surface area contributed by atoms with Crippen LogP contribution in [0.15, 0.2) is 70.3 Å². The first-order valence-corrected chi connectivity index (χ1v) is 23.4. The van der Waals surface area contributed by atoms with Crippen LogP contribution in [-0.2, 0) is 67.4 Å². The summed E-state index contributed by atoms with van der Waals surface area (Å²) in [5.74, 6) is -2.46. The van der Waals surface area contributed by atoms with E-state index in [2.05, 4.69) is 20.8 Å². The van der Waals surface area contributed by atoms with Crippen molar-refractivity contribution in [3.63, 3.8) is 0 Å². The molecule has 346 valence electrons. The number of oxime groups is 1. The number of carbonyl (C=O) groups excluding carboxylic acids is 5. The molecule has 0 radical (unpaired) electrons. The summed E-state index contributed by atoms with van der Waals surface area (Å²) in [6.45, 7) is 9.65. The van der Waals surface area contributed by atoms with E-state index < -0.39 is 88.2 Å². The summed E-state index contributed by atoms with van der Waals surface area (Å²) in [5.41, 5.74) is -0.612. The predicted molar refractivity (Wildman–Crippen MR) is 242 cm³/mol. The Balaban J connectivity index is 1.41. The monoisotopic (exact) mass is 1040 g/mol. The van der Waals surface area contributed by atoms with Crippen molar-refractivity contribution in [2.75, 3.05) is 29.7 Å². The Labute approximate surface area is 390 Å². The first-order valence-electron chi connectivity index (χ1n) is 19.6. The third kappa shape index (κ3) is 13.5. The maximum absolute atomic E-state index is 14.2. The van der Waals surface area contributed by atoms with Crippen molar-refractivity contribution in [2.45, 2.75) is 96.2 Å². The Kier molecular flexibility index (Phi) is 17.0. The number of carbonyl (C=O) groups is 5. The maximum atomic E-state index is 14.2. The molecular weight excluding hydrogens is 990 g/mol. The van der Waals surface area contributed by atoms with E-state index in [9.17, 15) is 33.6 Å². The molecular formula is C42H50IN5O14S2. The zero-order chi connectivity index (χ0) is 46.9. The lowest BCUT2D eigenvalue weighted by molar-refractivity contribution is -0.169. The average molecular weight is 1040 g/mol. The molecule has 22 heteroatoms. The van der Waals surface area contributed by atoms with Gasteiger partial charge in [-0.05, 0) is 88.1 Å². The number of hydrogen-bond acceptors (Lipinski definition) is 17. The van der Waals surface area contributed by atoms with Gasteiger partial charge in [-0.3, -0.25) is 24.6 Å². The first kappa shape index (κ1) is 50.0. The number of esters is 2. The van der Waals surface area contributed by atoms with Gasteiger partial charge in [0.1, 0.15) is 40.8 Å². The summed E-state index contributed by atoms with van der Waals surface area (Å²) in [7, 11) is 3.04. The largest absolute Gasteiger partial charge is 0.614 e. The molecule has 2 aromatic carbocycles. The van der Waals surface area contributed by atoms with Crippen LogP contribution in [0.3, 0.4) is 0 Å². The summed E-state index contributed by atoms with van der Waals surface area (Å²) in [5, 5.41) is 20.5. The Morgan fingerprint density at radius 1 is 0.969 bits per heavy atom. The molecule has 19 nitrogen and oxygen atoms in total. The van der Waals surface area contributed by atoms with Gasteiger partial charge in [0.2, 0.25) is 11.5 Å². The lowest BCUT2D eigenvalue weighted by Gasteiger charge is -2.50. The number of β-lactam (4-membered cyclic amide) rings is 1. The number of nitrogens with zero attached hydrogens (tertiary/aromatic N) is 3. The fourth-order valence-electron chi connectivity index (χ4n) is 6.03. The zero-order valence-corrected chi connectivity index (χ0v) is 40.1. The topological polar surface area (TPSA) is 246 Å². The van der Waals surface area contributed by atoms with E-state index in [4.69, 9.17) is 33.3 Å². The van der Waals surface area contributed by atoms with Gasteiger partial charge in [-0.25, -0.2) is 14.6 Å². The summed E-state index contributed by atoms with van der Waals surface area (Å²) in [4.78, 5) is 78.3. The Hall–Kier alpha value is -5.01. The molecule has 3 amide bonds. The Morgan fingerprint density at radius 3 is 2.12 bits per heavy atom. The summed E-state index contributed by atoms with van der Waals surface area (Å²) < 4.78 is 46.3. The molecule has 5 atom stereocenters. The number of nitrogens with one attached hydrogen (secondary N) is 2. The van der Waals surface area contributed by atoms with Crippen LogP contribution in [0.1, 0.15) is 64.8 Å². The van der Waals surface area contributed by atoms with Crippen molar-refractivity contribution < 1.29 is 66.9 Å². The van der Waals surface area contributed by atoms with Crippen molar-refractivity contribution in [2.24, 2.45) is 5.16 Å². The number of aliphatic hydroxyl groups excluding tert-OH is 1. The normalized spacial score (nSPS) is 18.5. The Bertz CT molecular complexity index is 2220. The van der Waals surface area contributed by atoms with E-state index in [1.54, 1.807) is 90.1 Å². The molecule has 2 unspecified atom stereocenters. The van der Waals surface area contributed by atoms with Crippen LogP contribution in [0.25, 0.3) is 0 Å². The van der Waals surface area contributed by atoms with Gasteiger partial charge in [0, 0.05) is 15.4 Å². The molecule has 2 aliphatic heterocycles. The second kappa shape index (κ2) is 21.8. The number of aromatic nitrogens is 1.